The number of benzene rings is 1. The van der Waals surface area contributed by atoms with Gasteiger partial charge in [-0.2, -0.15) is 0 Å². The molecular weight excluding hydrogens is 288 g/mol. The zero-order chi connectivity index (χ0) is 16.9. The molecule has 2 amide bonds. The lowest BCUT2D eigenvalue weighted by atomic mass is 9.74. The number of carbonyl (C=O) groups excluding carboxylic acids is 2. The van der Waals surface area contributed by atoms with Crippen molar-refractivity contribution in [3.05, 3.63) is 48.0 Å². The normalized spacial score (nSPS) is 16.7. The summed E-state index contributed by atoms with van der Waals surface area (Å²) in [5.74, 6) is -0.122. The summed E-state index contributed by atoms with van der Waals surface area (Å²) in [5.41, 5.74) is 2.77. The molecule has 4 nitrogen and oxygen atoms in total. The van der Waals surface area contributed by atoms with Gasteiger partial charge in [0.25, 0.3) is 0 Å². The minimum absolute atomic E-state index is 0.111. The number of aryl methyl sites for hydroxylation is 1. The lowest BCUT2D eigenvalue weighted by molar-refractivity contribution is -0.132. The van der Waals surface area contributed by atoms with Crippen LogP contribution < -0.4 is 5.32 Å². The quantitative estimate of drug-likeness (QED) is 0.849. The Kier molecular flexibility index (Phi) is 5.59. The molecule has 2 rings (SSSR count). The molecule has 1 N–H and O–H groups in total. The number of nitrogens with zero attached hydrogens (tertiary/aromatic N) is 1. The predicted octanol–water partition coefficient (Wildman–Crippen LogP) is 2.57. The summed E-state index contributed by atoms with van der Waals surface area (Å²) >= 11 is 0. The van der Waals surface area contributed by atoms with Gasteiger partial charge in [0.2, 0.25) is 11.8 Å². The van der Waals surface area contributed by atoms with Crippen LogP contribution in [-0.2, 0) is 15.0 Å². The molecule has 0 spiro atoms. The number of hydrogen-bond acceptors (Lipinski definition) is 2. The van der Waals surface area contributed by atoms with E-state index in [2.05, 4.69) is 50.0 Å². The molecule has 1 aromatic rings. The first-order valence-corrected chi connectivity index (χ1v) is 8.20. The minimum Gasteiger partial charge on any atom is -0.352 e. The largest absolute Gasteiger partial charge is 0.352 e. The Morgan fingerprint density at radius 3 is 2.43 bits per heavy atom. The summed E-state index contributed by atoms with van der Waals surface area (Å²) in [7, 11) is 0. The van der Waals surface area contributed by atoms with Crippen molar-refractivity contribution in [3.63, 3.8) is 0 Å². The Labute approximate surface area is 138 Å². The van der Waals surface area contributed by atoms with Crippen molar-refractivity contribution in [1.82, 2.24) is 10.2 Å². The van der Waals surface area contributed by atoms with Gasteiger partial charge in [0.15, 0.2) is 0 Å². The Morgan fingerprint density at radius 2 is 1.87 bits per heavy atom. The second-order valence-electron chi connectivity index (χ2n) is 6.55. The topological polar surface area (TPSA) is 49.4 Å². The van der Waals surface area contributed by atoms with Gasteiger partial charge < -0.3 is 10.2 Å². The first-order valence-electron chi connectivity index (χ1n) is 8.20. The number of carbonyl (C=O) groups is 2. The highest BCUT2D eigenvalue weighted by Gasteiger charge is 2.32. The zero-order valence-corrected chi connectivity index (χ0v) is 14.1. The summed E-state index contributed by atoms with van der Waals surface area (Å²) in [4.78, 5) is 25.2. The van der Waals surface area contributed by atoms with E-state index in [4.69, 9.17) is 0 Å². The second-order valence-corrected chi connectivity index (χ2v) is 6.55. The van der Waals surface area contributed by atoms with Crippen LogP contribution in [0.2, 0.25) is 0 Å². The van der Waals surface area contributed by atoms with E-state index in [1.807, 2.05) is 4.90 Å². The Hall–Kier alpha value is -2.10. The van der Waals surface area contributed by atoms with Crippen molar-refractivity contribution in [2.24, 2.45) is 0 Å². The molecule has 23 heavy (non-hydrogen) atoms. The van der Waals surface area contributed by atoms with Crippen LogP contribution in [0.1, 0.15) is 37.3 Å². The van der Waals surface area contributed by atoms with Gasteiger partial charge in [0.1, 0.15) is 0 Å². The van der Waals surface area contributed by atoms with Crippen molar-refractivity contribution < 1.29 is 9.59 Å². The molecule has 1 aliphatic rings. The fraction of sp³-hybridized carbons (Fsp3) is 0.474. The van der Waals surface area contributed by atoms with E-state index < -0.39 is 0 Å². The molecule has 0 bridgehead atoms. The predicted molar refractivity (Wildman–Crippen MR) is 92.2 cm³/mol. The van der Waals surface area contributed by atoms with E-state index in [9.17, 15) is 9.59 Å². The van der Waals surface area contributed by atoms with E-state index >= 15 is 0 Å². The number of piperidine rings is 1. The van der Waals surface area contributed by atoms with Gasteiger partial charge in [-0.15, -0.1) is 0 Å². The molecule has 1 saturated heterocycles. The second kappa shape index (κ2) is 7.44. The number of hydrogen-bond donors (Lipinski definition) is 1. The highest BCUT2D eigenvalue weighted by molar-refractivity contribution is 5.87. The van der Waals surface area contributed by atoms with Crippen molar-refractivity contribution in [1.29, 1.82) is 0 Å². The van der Waals surface area contributed by atoms with Gasteiger partial charge in [-0.1, -0.05) is 43.3 Å². The van der Waals surface area contributed by atoms with E-state index in [0.717, 1.165) is 25.9 Å². The third-order valence-corrected chi connectivity index (χ3v) is 4.79. The molecule has 1 aliphatic heterocycles. The minimum atomic E-state index is -0.233. The third kappa shape index (κ3) is 4.44. The highest BCUT2D eigenvalue weighted by atomic mass is 16.2. The SMILES string of the molecule is C=CC(=O)NCCC(=O)N1CCC(C)(c2ccc(C)cc2)CC1. The van der Waals surface area contributed by atoms with Crippen molar-refractivity contribution >= 4 is 11.8 Å². The van der Waals surface area contributed by atoms with E-state index in [0.29, 0.717) is 13.0 Å². The molecule has 0 aliphatic carbocycles. The number of likely N-dealkylation sites (tertiary alicyclic amines) is 1. The molecule has 4 heteroatoms. The van der Waals surface area contributed by atoms with Crippen LogP contribution in [0.25, 0.3) is 0 Å². The fourth-order valence-corrected chi connectivity index (χ4v) is 3.02. The summed E-state index contributed by atoms with van der Waals surface area (Å²) in [5, 5.41) is 2.65. The smallest absolute Gasteiger partial charge is 0.243 e. The monoisotopic (exact) mass is 314 g/mol. The lowest BCUT2D eigenvalue weighted by Crippen LogP contribution is -2.44. The standard InChI is InChI=1S/C19H26N2O2/c1-4-17(22)20-12-9-18(23)21-13-10-19(3,11-14-21)16-7-5-15(2)6-8-16/h4-8H,1,9-14H2,2-3H3,(H,20,22). The summed E-state index contributed by atoms with van der Waals surface area (Å²) < 4.78 is 0. The average Bonchev–Trinajstić information content (AvgIpc) is 2.55. The van der Waals surface area contributed by atoms with Crippen molar-refractivity contribution in [2.75, 3.05) is 19.6 Å². The molecule has 0 saturated carbocycles. The van der Waals surface area contributed by atoms with Crippen molar-refractivity contribution in [2.45, 2.75) is 38.5 Å². The van der Waals surface area contributed by atoms with Crippen molar-refractivity contribution in [3.8, 4) is 0 Å². The molecule has 1 fully saturated rings. The molecule has 124 valence electrons. The van der Waals surface area contributed by atoms with Crippen LogP contribution in [0.3, 0.4) is 0 Å². The van der Waals surface area contributed by atoms with Crippen LogP contribution in [0.4, 0.5) is 0 Å². The van der Waals surface area contributed by atoms with Crippen LogP contribution in [0.5, 0.6) is 0 Å². The van der Waals surface area contributed by atoms with Crippen LogP contribution in [-0.4, -0.2) is 36.3 Å². The number of amides is 2. The maximum absolute atomic E-state index is 12.2. The molecule has 0 radical (unpaired) electrons. The van der Waals surface area contributed by atoms with Crippen LogP contribution in [0, 0.1) is 6.92 Å². The third-order valence-electron chi connectivity index (χ3n) is 4.79. The number of nitrogens with one attached hydrogen (secondary N) is 1. The van der Waals surface area contributed by atoms with Gasteiger partial charge in [0.05, 0.1) is 0 Å². The first kappa shape index (κ1) is 17.3. The maximum atomic E-state index is 12.2. The van der Waals surface area contributed by atoms with Gasteiger partial charge in [-0.25, -0.2) is 0 Å². The fourth-order valence-electron chi connectivity index (χ4n) is 3.02. The Morgan fingerprint density at radius 1 is 1.26 bits per heavy atom. The van der Waals surface area contributed by atoms with Gasteiger partial charge in [0, 0.05) is 26.1 Å². The molecule has 1 heterocycles. The summed E-state index contributed by atoms with van der Waals surface area (Å²) in [6.07, 6.45) is 3.51. The maximum Gasteiger partial charge on any atom is 0.243 e. The Bertz CT molecular complexity index is 570. The molecule has 0 atom stereocenters. The van der Waals surface area contributed by atoms with Gasteiger partial charge in [-0.3, -0.25) is 9.59 Å². The Balaban J connectivity index is 1.85. The average molecular weight is 314 g/mol. The first-order chi connectivity index (χ1) is 10.9. The van der Waals surface area contributed by atoms with E-state index in [1.165, 1.54) is 17.2 Å². The van der Waals surface area contributed by atoms with Crippen LogP contribution in [0.15, 0.2) is 36.9 Å². The highest BCUT2D eigenvalue weighted by Crippen LogP contribution is 2.35. The van der Waals surface area contributed by atoms with Crippen LogP contribution >= 0.6 is 0 Å². The lowest BCUT2D eigenvalue weighted by Gasteiger charge is -2.40. The number of rotatable bonds is 5. The molecule has 0 unspecified atom stereocenters. The van der Waals surface area contributed by atoms with E-state index in [1.54, 1.807) is 0 Å². The van der Waals surface area contributed by atoms with Gasteiger partial charge in [-0.05, 0) is 36.8 Å². The summed E-state index contributed by atoms with van der Waals surface area (Å²) in [6, 6.07) is 8.72. The zero-order valence-electron chi connectivity index (χ0n) is 14.1. The van der Waals surface area contributed by atoms with E-state index in [-0.39, 0.29) is 17.2 Å². The molecule has 0 aromatic heterocycles. The molecular formula is C19H26N2O2. The summed E-state index contributed by atoms with van der Waals surface area (Å²) in [6.45, 7) is 9.69. The van der Waals surface area contributed by atoms with Gasteiger partial charge >= 0.3 is 0 Å². The molecule has 1 aromatic carbocycles.